The van der Waals surface area contributed by atoms with E-state index in [1.807, 2.05) is 6.07 Å². The third kappa shape index (κ3) is 2.70. The van der Waals surface area contributed by atoms with Crippen LogP contribution in [0, 0.1) is 0 Å². The van der Waals surface area contributed by atoms with Crippen molar-refractivity contribution in [2.45, 2.75) is 11.6 Å². The minimum Gasteiger partial charge on any atom is -0.478 e. The number of hydrogen-bond acceptors (Lipinski definition) is 4. The minimum absolute atomic E-state index is 0.140. The first-order valence-corrected chi connectivity index (χ1v) is 7.14. The highest BCUT2D eigenvalue weighted by molar-refractivity contribution is 7.89. The van der Waals surface area contributed by atoms with Gasteiger partial charge in [0.25, 0.3) is 10.0 Å². The van der Waals surface area contributed by atoms with E-state index in [4.69, 9.17) is 5.11 Å². The number of rotatable bonds is 5. The normalized spacial score (nSPS) is 11.7. The standard InChI is InChI=1S/C12H13N3O4S/c1-15(8-9-5-3-2-4-6-9)20(18,19)11-10(12(16)17)7-13-14-11/h2-7H,8H2,1H3,(H,13,14)(H,16,17). The molecule has 1 heterocycles. The van der Waals surface area contributed by atoms with E-state index in [2.05, 4.69) is 10.2 Å². The monoisotopic (exact) mass is 295 g/mol. The van der Waals surface area contributed by atoms with Gasteiger partial charge in [0.1, 0.15) is 5.56 Å². The van der Waals surface area contributed by atoms with Crippen molar-refractivity contribution in [2.24, 2.45) is 0 Å². The molecule has 2 N–H and O–H groups in total. The average Bonchev–Trinajstić information content (AvgIpc) is 2.89. The van der Waals surface area contributed by atoms with E-state index < -0.39 is 21.0 Å². The Balaban J connectivity index is 2.30. The molecule has 0 fully saturated rings. The molecule has 0 saturated heterocycles. The maximum atomic E-state index is 12.3. The highest BCUT2D eigenvalue weighted by Gasteiger charge is 2.28. The number of carboxylic acids is 1. The number of hydrogen-bond donors (Lipinski definition) is 2. The molecule has 0 amide bonds. The number of benzene rings is 1. The van der Waals surface area contributed by atoms with Gasteiger partial charge in [-0.3, -0.25) is 5.10 Å². The molecule has 0 bridgehead atoms. The lowest BCUT2D eigenvalue weighted by atomic mass is 10.2. The average molecular weight is 295 g/mol. The minimum atomic E-state index is -3.94. The molecule has 2 rings (SSSR count). The molecule has 8 heteroatoms. The molecule has 7 nitrogen and oxygen atoms in total. The molecule has 20 heavy (non-hydrogen) atoms. The number of H-pyrrole nitrogens is 1. The number of nitrogens with zero attached hydrogens (tertiary/aromatic N) is 2. The van der Waals surface area contributed by atoms with Gasteiger partial charge < -0.3 is 5.11 Å². The Labute approximate surface area is 115 Å². The van der Waals surface area contributed by atoms with Crippen molar-refractivity contribution in [1.29, 1.82) is 0 Å². The summed E-state index contributed by atoms with van der Waals surface area (Å²) in [4.78, 5) is 11.0. The van der Waals surface area contributed by atoms with Crippen LogP contribution in [0.5, 0.6) is 0 Å². The predicted molar refractivity (Wildman–Crippen MR) is 70.6 cm³/mol. The Kier molecular flexibility index (Phi) is 3.86. The van der Waals surface area contributed by atoms with Crippen molar-refractivity contribution < 1.29 is 18.3 Å². The number of nitrogens with one attached hydrogen (secondary N) is 1. The Hall–Kier alpha value is -2.19. The molecule has 0 aliphatic carbocycles. The molecule has 0 atom stereocenters. The molecule has 1 aromatic carbocycles. The van der Waals surface area contributed by atoms with Crippen LogP contribution >= 0.6 is 0 Å². The largest absolute Gasteiger partial charge is 0.478 e. The summed E-state index contributed by atoms with van der Waals surface area (Å²) in [5, 5.41) is 14.3. The van der Waals surface area contributed by atoms with Crippen LogP contribution in [0.25, 0.3) is 0 Å². The molecule has 0 saturated carbocycles. The molecular formula is C12H13N3O4S. The molecule has 0 aliphatic heterocycles. The molecule has 1 aromatic heterocycles. The molecular weight excluding hydrogens is 282 g/mol. The Morgan fingerprint density at radius 2 is 2.00 bits per heavy atom. The van der Waals surface area contributed by atoms with Gasteiger partial charge in [-0.25, -0.2) is 13.2 Å². The van der Waals surface area contributed by atoms with Gasteiger partial charge in [-0.1, -0.05) is 30.3 Å². The lowest BCUT2D eigenvalue weighted by molar-refractivity contribution is 0.0692. The molecule has 106 valence electrons. The van der Waals surface area contributed by atoms with Crippen molar-refractivity contribution in [3.8, 4) is 0 Å². The van der Waals surface area contributed by atoms with Crippen LogP contribution in [0.3, 0.4) is 0 Å². The van der Waals surface area contributed by atoms with Gasteiger partial charge in [0, 0.05) is 13.6 Å². The highest BCUT2D eigenvalue weighted by atomic mass is 32.2. The van der Waals surface area contributed by atoms with Gasteiger partial charge in [-0.2, -0.15) is 9.40 Å². The number of aromatic nitrogens is 2. The fourth-order valence-corrected chi connectivity index (χ4v) is 2.92. The fourth-order valence-electron chi connectivity index (χ4n) is 1.70. The van der Waals surface area contributed by atoms with E-state index in [0.29, 0.717) is 0 Å². The predicted octanol–water partition coefficient (Wildman–Crippen LogP) is 0.929. The zero-order valence-corrected chi connectivity index (χ0v) is 11.5. The smallest absolute Gasteiger partial charge is 0.340 e. The Morgan fingerprint density at radius 3 is 2.60 bits per heavy atom. The molecule has 0 unspecified atom stereocenters. The molecule has 0 aliphatic rings. The first-order valence-electron chi connectivity index (χ1n) is 5.70. The van der Waals surface area contributed by atoms with Crippen LogP contribution in [0.1, 0.15) is 15.9 Å². The van der Waals surface area contributed by atoms with E-state index in [0.717, 1.165) is 16.1 Å². The lowest BCUT2D eigenvalue weighted by Crippen LogP contribution is -2.28. The summed E-state index contributed by atoms with van der Waals surface area (Å²) in [6, 6.07) is 9.01. The third-order valence-corrected chi connectivity index (χ3v) is 4.53. The summed E-state index contributed by atoms with van der Waals surface area (Å²) in [6.45, 7) is 0.140. The molecule has 2 aromatic rings. The quantitative estimate of drug-likeness (QED) is 0.854. The van der Waals surface area contributed by atoms with Crippen LogP contribution < -0.4 is 0 Å². The van der Waals surface area contributed by atoms with Gasteiger partial charge in [0.05, 0.1) is 6.20 Å². The van der Waals surface area contributed by atoms with Crippen molar-refractivity contribution in [1.82, 2.24) is 14.5 Å². The number of aromatic amines is 1. The number of carboxylic acid groups (broad SMARTS) is 1. The van der Waals surface area contributed by atoms with E-state index in [-0.39, 0.29) is 12.1 Å². The highest BCUT2D eigenvalue weighted by Crippen LogP contribution is 2.18. The van der Waals surface area contributed by atoms with Gasteiger partial charge >= 0.3 is 5.97 Å². The zero-order chi connectivity index (χ0) is 14.8. The number of carbonyl (C=O) groups is 1. The second kappa shape index (κ2) is 5.43. The van der Waals surface area contributed by atoms with Crippen molar-refractivity contribution in [2.75, 3.05) is 7.05 Å². The van der Waals surface area contributed by atoms with E-state index in [9.17, 15) is 13.2 Å². The summed E-state index contributed by atoms with van der Waals surface area (Å²) in [6.07, 6.45) is 0.978. The van der Waals surface area contributed by atoms with Gasteiger partial charge in [0.2, 0.25) is 0 Å². The summed E-state index contributed by atoms with van der Waals surface area (Å²) in [7, 11) is -2.55. The fraction of sp³-hybridized carbons (Fsp3) is 0.167. The van der Waals surface area contributed by atoms with Crippen molar-refractivity contribution >= 4 is 16.0 Å². The van der Waals surface area contributed by atoms with Crippen molar-refractivity contribution in [3.05, 3.63) is 47.7 Å². The van der Waals surface area contributed by atoms with E-state index >= 15 is 0 Å². The van der Waals surface area contributed by atoms with Crippen molar-refractivity contribution in [3.63, 3.8) is 0 Å². The maximum absolute atomic E-state index is 12.3. The van der Waals surface area contributed by atoms with Crippen LogP contribution in [-0.2, 0) is 16.6 Å². The first kappa shape index (κ1) is 14.2. The zero-order valence-electron chi connectivity index (χ0n) is 10.6. The van der Waals surface area contributed by atoms with Crippen LogP contribution in [0.4, 0.5) is 0 Å². The van der Waals surface area contributed by atoms with Crippen LogP contribution in [-0.4, -0.2) is 41.0 Å². The van der Waals surface area contributed by atoms with E-state index in [1.165, 1.54) is 7.05 Å². The van der Waals surface area contributed by atoms with Gasteiger partial charge in [-0.15, -0.1) is 0 Å². The summed E-state index contributed by atoms with van der Waals surface area (Å²) < 4.78 is 25.7. The Bertz CT molecular complexity index is 709. The summed E-state index contributed by atoms with van der Waals surface area (Å²) in [5.74, 6) is -1.34. The second-order valence-electron chi connectivity index (χ2n) is 4.16. The van der Waals surface area contributed by atoms with Crippen LogP contribution in [0.2, 0.25) is 0 Å². The molecule has 0 spiro atoms. The SMILES string of the molecule is CN(Cc1ccccc1)S(=O)(=O)c1[nH]ncc1C(=O)O. The summed E-state index contributed by atoms with van der Waals surface area (Å²) in [5.41, 5.74) is 0.430. The van der Waals surface area contributed by atoms with Gasteiger partial charge in [-0.05, 0) is 5.56 Å². The number of aromatic carboxylic acids is 1. The van der Waals surface area contributed by atoms with E-state index in [1.54, 1.807) is 24.3 Å². The molecule has 0 radical (unpaired) electrons. The Morgan fingerprint density at radius 1 is 1.35 bits per heavy atom. The number of sulfonamides is 1. The maximum Gasteiger partial charge on any atom is 0.340 e. The third-order valence-electron chi connectivity index (χ3n) is 2.75. The summed E-state index contributed by atoms with van der Waals surface area (Å²) >= 11 is 0. The lowest BCUT2D eigenvalue weighted by Gasteiger charge is -2.16. The topological polar surface area (TPSA) is 103 Å². The van der Waals surface area contributed by atoms with Crippen LogP contribution in [0.15, 0.2) is 41.6 Å². The van der Waals surface area contributed by atoms with Gasteiger partial charge in [0.15, 0.2) is 5.03 Å². The first-order chi connectivity index (χ1) is 9.43. The second-order valence-corrected chi connectivity index (χ2v) is 6.15.